The first kappa shape index (κ1) is 37.6. The van der Waals surface area contributed by atoms with E-state index >= 15 is 0 Å². The van der Waals surface area contributed by atoms with Crippen LogP contribution in [0.4, 0.5) is 0 Å². The van der Waals surface area contributed by atoms with E-state index in [0.717, 1.165) is 33.6 Å². The molecule has 0 aliphatic heterocycles. The lowest BCUT2D eigenvalue weighted by Gasteiger charge is -2.54. The third-order valence-electron chi connectivity index (χ3n) is 13.4. The lowest BCUT2D eigenvalue weighted by molar-refractivity contribution is -0.975. The molecule has 2 aromatic carbocycles. The molecule has 2 saturated carbocycles. The normalized spacial score (nSPS) is 25.2. The number of fused-ring (bicyclic) bond motifs is 4. The number of nitrogens with zero attached hydrogens (tertiary/aromatic N) is 2. The molecule has 3 nitrogen and oxygen atoms in total. The second-order valence-electron chi connectivity index (χ2n) is 19.2. The topological polar surface area (TPSA) is 12.5 Å². The van der Waals surface area contributed by atoms with Crippen molar-refractivity contribution in [1.82, 2.24) is 4.67 Å². The molecule has 50 heavy (non-hydrogen) atoms. The van der Waals surface area contributed by atoms with Crippen molar-refractivity contribution in [2.45, 2.75) is 154 Å². The van der Waals surface area contributed by atoms with Gasteiger partial charge < -0.3 is 4.74 Å². The summed E-state index contributed by atoms with van der Waals surface area (Å²) in [5, 5.41) is 0. The van der Waals surface area contributed by atoms with Crippen LogP contribution in [-0.4, -0.2) is 44.7 Å². The van der Waals surface area contributed by atoms with Crippen molar-refractivity contribution < 1.29 is 9.33 Å². The smallest absolute Gasteiger partial charge is 0.191 e. The molecule has 4 aliphatic carbocycles. The summed E-state index contributed by atoms with van der Waals surface area (Å²) in [7, 11) is 5.52. The molecule has 0 saturated heterocycles. The second-order valence-corrected chi connectivity index (χ2v) is 23.7. The molecule has 4 atom stereocenters. The average molecular weight is 696 g/mol. The van der Waals surface area contributed by atoms with Crippen LogP contribution in [0.15, 0.2) is 60.2 Å². The quantitative estimate of drug-likeness (QED) is 0.124. The highest BCUT2D eigenvalue weighted by Gasteiger charge is 2.58. The summed E-state index contributed by atoms with van der Waals surface area (Å²) in [5.41, 5.74) is 8.57. The molecule has 274 valence electrons. The van der Waals surface area contributed by atoms with Crippen LogP contribution in [0.25, 0.3) is 5.57 Å². The highest BCUT2D eigenvalue weighted by atomic mass is 28.3. The molecule has 2 aromatic rings. The molecule has 6 rings (SSSR count). The van der Waals surface area contributed by atoms with E-state index in [0.29, 0.717) is 11.8 Å². The summed E-state index contributed by atoms with van der Waals surface area (Å²) in [6, 6.07) is 16.6. The van der Waals surface area contributed by atoms with Gasteiger partial charge in [-0.3, -0.25) is 4.59 Å². The number of hydrogen-bond acceptors (Lipinski definition) is 2. The molecule has 4 heteroatoms. The zero-order chi connectivity index (χ0) is 36.1. The van der Waals surface area contributed by atoms with Crippen LogP contribution in [-0.2, 0) is 10.8 Å². The second kappa shape index (κ2) is 14.4. The Hall–Kier alpha value is -2.14. The monoisotopic (exact) mass is 696 g/mol. The number of unbranched alkanes of at least 4 members (excludes halogenated alkanes) is 2. The zero-order valence-corrected chi connectivity index (χ0v) is 34.9. The predicted octanol–water partition coefficient (Wildman–Crippen LogP) is 12.8. The molecule has 0 bridgehead atoms. The first-order chi connectivity index (χ1) is 23.6. The van der Waals surface area contributed by atoms with Gasteiger partial charge in [0.1, 0.15) is 11.5 Å². The third-order valence-corrected chi connectivity index (χ3v) is 18.1. The van der Waals surface area contributed by atoms with E-state index in [2.05, 4.69) is 135 Å². The van der Waals surface area contributed by atoms with E-state index in [1.54, 1.807) is 11.1 Å². The van der Waals surface area contributed by atoms with Gasteiger partial charge in [0.15, 0.2) is 8.24 Å². The number of rotatable bonds is 12. The van der Waals surface area contributed by atoms with Crippen molar-refractivity contribution in [2.75, 3.05) is 21.1 Å². The Labute approximate surface area is 308 Å². The Morgan fingerprint density at radius 1 is 0.860 bits per heavy atom. The maximum Gasteiger partial charge on any atom is 0.191 e. The standard InChI is InChI=1S/C46H71N2OSi/c1-12-14-27-46(28-15-13-2)42-31-38(49-37-23-21-35(22-24-37)45(4,5)6)25-26-39(42)41-30-34-29-33(3)44(40(34)32-43(41)46)50(10,11)47(48(7,8)9)36-19-17-16-18-20-36/h21-26,30-34,36,40,44H,12-20,27-29H2,1-11H3/q+1. The Morgan fingerprint density at radius 3 is 2.06 bits per heavy atom. The summed E-state index contributed by atoms with van der Waals surface area (Å²) < 4.78 is 10.7. The maximum absolute atomic E-state index is 6.65. The molecule has 0 N–H and O–H groups in total. The Morgan fingerprint density at radius 2 is 1.48 bits per heavy atom. The van der Waals surface area contributed by atoms with Gasteiger partial charge in [0.05, 0.1) is 21.1 Å². The highest BCUT2D eigenvalue weighted by molar-refractivity contribution is 6.76. The van der Waals surface area contributed by atoms with Crippen molar-refractivity contribution in [2.24, 2.45) is 17.8 Å². The van der Waals surface area contributed by atoms with Crippen LogP contribution < -0.4 is 4.74 Å². The fraction of sp³-hybridized carbons (Fsp3) is 0.652. The van der Waals surface area contributed by atoms with E-state index in [-0.39, 0.29) is 10.8 Å². The van der Waals surface area contributed by atoms with Crippen LogP contribution in [0.1, 0.15) is 135 Å². The van der Waals surface area contributed by atoms with E-state index in [9.17, 15) is 0 Å². The van der Waals surface area contributed by atoms with Gasteiger partial charge >= 0.3 is 0 Å². The van der Waals surface area contributed by atoms with E-state index in [1.165, 1.54) is 93.7 Å². The fourth-order valence-electron chi connectivity index (χ4n) is 11.5. The van der Waals surface area contributed by atoms with Crippen molar-refractivity contribution >= 4 is 13.8 Å². The molecule has 4 aliphatic rings. The van der Waals surface area contributed by atoms with Crippen LogP contribution in [0, 0.1) is 17.8 Å². The first-order valence-corrected chi connectivity index (χ1v) is 23.6. The van der Waals surface area contributed by atoms with Gasteiger partial charge in [-0.05, 0) is 113 Å². The molecule has 0 amide bonds. The molecule has 4 unspecified atom stereocenters. The molecule has 0 aromatic heterocycles. The summed E-state index contributed by atoms with van der Waals surface area (Å²) in [5.74, 6) is 3.93. The molecule has 0 heterocycles. The number of hydrogen-bond donors (Lipinski definition) is 0. The Kier molecular flexibility index (Phi) is 10.8. The van der Waals surface area contributed by atoms with Gasteiger partial charge in [-0.1, -0.05) is 130 Å². The summed E-state index contributed by atoms with van der Waals surface area (Å²) >= 11 is 0. The molecule has 2 fully saturated rings. The van der Waals surface area contributed by atoms with Crippen molar-refractivity contribution in [3.63, 3.8) is 0 Å². The van der Waals surface area contributed by atoms with Crippen molar-refractivity contribution in [3.05, 3.63) is 76.9 Å². The minimum absolute atomic E-state index is 0.0683. The van der Waals surface area contributed by atoms with Gasteiger partial charge in [0, 0.05) is 11.5 Å². The number of benzene rings is 2. The first-order valence-electron chi connectivity index (χ1n) is 20.6. The zero-order valence-electron chi connectivity index (χ0n) is 33.9. The SMILES string of the molecule is CCCCC1(CCCC)C2=CC3C(C=C2c2ccc(Oc4ccc(C(C)(C)C)cc4)cc21)CC(C)C3[Si](C)(C)N(C1CCCCC1)[N+](C)(C)C. The summed E-state index contributed by atoms with van der Waals surface area (Å²) in [6.45, 7) is 19.7. The minimum atomic E-state index is -1.87. The fourth-order valence-corrected chi connectivity index (χ4v) is 17.4. The minimum Gasteiger partial charge on any atom is -0.457 e. The van der Waals surface area contributed by atoms with Crippen molar-refractivity contribution in [1.29, 1.82) is 0 Å². The predicted molar refractivity (Wildman–Crippen MR) is 217 cm³/mol. The van der Waals surface area contributed by atoms with Crippen molar-refractivity contribution in [3.8, 4) is 11.5 Å². The van der Waals surface area contributed by atoms with E-state index in [1.807, 2.05) is 0 Å². The lowest BCUT2D eigenvalue weighted by atomic mass is 9.68. The van der Waals surface area contributed by atoms with Crippen LogP contribution >= 0.6 is 0 Å². The molecule has 0 radical (unpaired) electrons. The average Bonchev–Trinajstić information content (AvgIpc) is 3.52. The van der Waals surface area contributed by atoms with Gasteiger partial charge in [-0.25, -0.2) is 0 Å². The molecular formula is C46H71N2OSi+. The van der Waals surface area contributed by atoms with Gasteiger partial charge in [0.25, 0.3) is 0 Å². The van der Waals surface area contributed by atoms with E-state index < -0.39 is 8.24 Å². The van der Waals surface area contributed by atoms with Crippen LogP contribution in [0.3, 0.4) is 0 Å². The summed E-state index contributed by atoms with van der Waals surface area (Å²) in [4.78, 5) is 0. The third kappa shape index (κ3) is 6.99. The maximum atomic E-state index is 6.65. The van der Waals surface area contributed by atoms with Crippen LogP contribution in [0.5, 0.6) is 11.5 Å². The largest absolute Gasteiger partial charge is 0.457 e. The highest BCUT2D eigenvalue weighted by Crippen LogP contribution is 2.63. The number of allylic oxidation sites excluding steroid dienone is 4. The Bertz CT molecular complexity index is 1540. The lowest BCUT2D eigenvalue weighted by Crippen LogP contribution is -2.69. The van der Waals surface area contributed by atoms with Crippen LogP contribution in [0.2, 0.25) is 18.6 Å². The van der Waals surface area contributed by atoms with Gasteiger partial charge in [-0.15, -0.1) is 0 Å². The molecule has 0 spiro atoms. The Balaban J connectivity index is 1.41. The number of quaternary nitrogens is 1. The number of ether oxygens (including phenoxy) is 1. The molecular weight excluding hydrogens is 625 g/mol. The summed E-state index contributed by atoms with van der Waals surface area (Å²) in [6.07, 6.45) is 21.5. The van der Waals surface area contributed by atoms with Gasteiger partial charge in [0.2, 0.25) is 0 Å². The van der Waals surface area contributed by atoms with E-state index in [4.69, 9.17) is 4.74 Å². The van der Waals surface area contributed by atoms with Gasteiger partial charge in [-0.2, -0.15) is 4.67 Å².